The zero-order valence-corrected chi connectivity index (χ0v) is 13.4. The largest absolute Gasteiger partial charge is 0.389 e. The third-order valence-electron chi connectivity index (χ3n) is 4.15. The number of aliphatic hydroxyl groups is 1. The molecule has 0 atom stereocenters. The minimum Gasteiger partial charge on any atom is -0.389 e. The maximum atomic E-state index is 10.8. The molecule has 1 aromatic rings. The molecule has 0 aliphatic heterocycles. The zero-order valence-electron chi connectivity index (χ0n) is 11.8. The van der Waals surface area contributed by atoms with E-state index in [2.05, 4.69) is 34.9 Å². The lowest BCUT2D eigenvalue weighted by Crippen LogP contribution is -2.41. The Morgan fingerprint density at radius 3 is 2.58 bits per heavy atom. The molecule has 1 fully saturated rings. The van der Waals surface area contributed by atoms with Gasteiger partial charge in [0.05, 0.1) is 21.5 Å². The molecule has 0 amide bonds. The van der Waals surface area contributed by atoms with Crippen molar-refractivity contribution >= 4 is 15.9 Å². The van der Waals surface area contributed by atoms with Gasteiger partial charge in [-0.05, 0) is 55.0 Å². The van der Waals surface area contributed by atoms with E-state index in [0.29, 0.717) is 6.42 Å². The van der Waals surface area contributed by atoms with Crippen LogP contribution in [-0.2, 0) is 19.4 Å². The van der Waals surface area contributed by atoms with Gasteiger partial charge in [-0.15, -0.1) is 0 Å². The Bertz CT molecular complexity index is 436. The highest BCUT2D eigenvalue weighted by Gasteiger charge is 2.34. The minimum absolute atomic E-state index is 0.256. The van der Waals surface area contributed by atoms with E-state index in [-0.39, 0.29) is 6.04 Å². The van der Waals surface area contributed by atoms with Crippen molar-refractivity contribution < 1.29 is 5.11 Å². The van der Waals surface area contributed by atoms with Crippen LogP contribution in [0, 0.1) is 0 Å². The van der Waals surface area contributed by atoms with Crippen molar-refractivity contribution in [2.75, 3.05) is 0 Å². The van der Waals surface area contributed by atoms with E-state index in [9.17, 15) is 5.11 Å². The number of hydrogen-bond acceptors (Lipinski definition) is 3. The van der Waals surface area contributed by atoms with Crippen LogP contribution >= 0.6 is 15.9 Å². The summed E-state index contributed by atoms with van der Waals surface area (Å²) in [5.74, 6) is 0. The summed E-state index contributed by atoms with van der Waals surface area (Å²) in [4.78, 5) is 0. The lowest BCUT2D eigenvalue weighted by atomic mass is 9.79. The van der Waals surface area contributed by atoms with E-state index in [4.69, 9.17) is 5.73 Å². The molecule has 1 saturated carbocycles. The summed E-state index contributed by atoms with van der Waals surface area (Å²) in [7, 11) is 0. The normalized spacial score (nSPS) is 27.7. The number of halogens is 1. The summed E-state index contributed by atoms with van der Waals surface area (Å²) < 4.78 is 3.08. The first-order chi connectivity index (χ1) is 8.99. The Morgan fingerprint density at radius 2 is 2.05 bits per heavy atom. The SMILES string of the molecule is CCc1nn(CC)c(CC2(O)CCC(N)CC2)c1Br. The molecule has 108 valence electrons. The Balaban J connectivity index is 2.20. The van der Waals surface area contributed by atoms with Gasteiger partial charge in [-0.25, -0.2) is 0 Å². The summed E-state index contributed by atoms with van der Waals surface area (Å²) in [5.41, 5.74) is 7.51. The number of hydrogen-bond donors (Lipinski definition) is 2. The van der Waals surface area contributed by atoms with Crippen molar-refractivity contribution in [1.29, 1.82) is 0 Å². The van der Waals surface area contributed by atoms with Gasteiger partial charge in [-0.3, -0.25) is 4.68 Å². The maximum absolute atomic E-state index is 10.8. The Labute approximate surface area is 123 Å². The average Bonchev–Trinajstić information content (AvgIpc) is 2.70. The second-order valence-corrected chi connectivity index (χ2v) is 6.41. The molecule has 2 rings (SSSR count). The molecule has 1 aliphatic carbocycles. The molecule has 0 unspecified atom stereocenters. The minimum atomic E-state index is -0.615. The van der Waals surface area contributed by atoms with Crippen LogP contribution in [0.25, 0.3) is 0 Å². The Morgan fingerprint density at radius 1 is 1.42 bits per heavy atom. The molecule has 3 N–H and O–H groups in total. The third-order valence-corrected chi connectivity index (χ3v) is 5.07. The first-order valence-electron chi connectivity index (χ1n) is 7.21. The fraction of sp³-hybridized carbons (Fsp3) is 0.786. The molecule has 0 bridgehead atoms. The second kappa shape index (κ2) is 5.94. The molecule has 1 aromatic heterocycles. The van der Waals surface area contributed by atoms with Gasteiger partial charge in [-0.2, -0.15) is 5.10 Å². The van der Waals surface area contributed by atoms with Crippen LogP contribution in [0.15, 0.2) is 4.47 Å². The lowest BCUT2D eigenvalue weighted by Gasteiger charge is -2.35. The van der Waals surface area contributed by atoms with Gasteiger partial charge in [0.1, 0.15) is 0 Å². The van der Waals surface area contributed by atoms with E-state index in [1.54, 1.807) is 0 Å². The third kappa shape index (κ3) is 3.20. The van der Waals surface area contributed by atoms with Crippen LogP contribution < -0.4 is 5.73 Å². The lowest BCUT2D eigenvalue weighted by molar-refractivity contribution is -0.00158. The van der Waals surface area contributed by atoms with E-state index in [0.717, 1.165) is 54.5 Å². The van der Waals surface area contributed by atoms with Crippen LogP contribution in [0.1, 0.15) is 50.9 Å². The highest BCUT2D eigenvalue weighted by molar-refractivity contribution is 9.10. The molecule has 1 aliphatic rings. The van der Waals surface area contributed by atoms with Crippen LogP contribution in [0.3, 0.4) is 0 Å². The molecular weight excluding hydrogens is 306 g/mol. The van der Waals surface area contributed by atoms with Crippen LogP contribution in [0.4, 0.5) is 0 Å². The zero-order chi connectivity index (χ0) is 14.0. The monoisotopic (exact) mass is 329 g/mol. The predicted octanol–water partition coefficient (Wildman–Crippen LogP) is 2.40. The average molecular weight is 330 g/mol. The summed E-state index contributed by atoms with van der Waals surface area (Å²) >= 11 is 3.65. The van der Waals surface area contributed by atoms with Gasteiger partial charge < -0.3 is 10.8 Å². The smallest absolute Gasteiger partial charge is 0.0766 e. The van der Waals surface area contributed by atoms with Crippen molar-refractivity contribution in [3.8, 4) is 0 Å². The molecule has 19 heavy (non-hydrogen) atoms. The molecule has 0 spiro atoms. The highest BCUT2D eigenvalue weighted by Crippen LogP contribution is 2.34. The number of nitrogens with two attached hydrogens (primary N) is 1. The standard InChI is InChI=1S/C14H24BrN3O/c1-3-11-13(15)12(18(4-2)17-11)9-14(19)7-5-10(16)6-8-14/h10,19H,3-9,16H2,1-2H3. The number of aromatic nitrogens is 2. The molecule has 1 heterocycles. The van der Waals surface area contributed by atoms with E-state index in [1.165, 1.54) is 0 Å². The molecule has 0 aromatic carbocycles. The summed E-state index contributed by atoms with van der Waals surface area (Å²) in [5, 5.41) is 15.3. The molecule has 5 heteroatoms. The van der Waals surface area contributed by atoms with Crippen LogP contribution in [0.2, 0.25) is 0 Å². The number of nitrogens with zero attached hydrogens (tertiary/aromatic N) is 2. The van der Waals surface area contributed by atoms with Crippen molar-refractivity contribution in [3.05, 3.63) is 15.9 Å². The quantitative estimate of drug-likeness (QED) is 0.891. The summed E-state index contributed by atoms with van der Waals surface area (Å²) in [6.45, 7) is 5.03. The van der Waals surface area contributed by atoms with Crippen molar-refractivity contribution in [2.45, 2.75) is 70.6 Å². The first kappa shape index (κ1) is 15.0. The number of rotatable bonds is 4. The van der Waals surface area contributed by atoms with Gasteiger partial charge in [0.25, 0.3) is 0 Å². The van der Waals surface area contributed by atoms with Crippen LogP contribution in [-0.4, -0.2) is 26.5 Å². The first-order valence-corrected chi connectivity index (χ1v) is 8.00. The number of aryl methyl sites for hydroxylation is 2. The predicted molar refractivity (Wildman–Crippen MR) is 80.1 cm³/mol. The van der Waals surface area contributed by atoms with Crippen molar-refractivity contribution in [3.63, 3.8) is 0 Å². The van der Waals surface area contributed by atoms with Crippen molar-refractivity contribution in [2.24, 2.45) is 5.73 Å². The molecule has 0 radical (unpaired) electrons. The van der Waals surface area contributed by atoms with E-state index < -0.39 is 5.60 Å². The van der Waals surface area contributed by atoms with Gasteiger partial charge in [0.15, 0.2) is 0 Å². The van der Waals surface area contributed by atoms with Gasteiger partial charge in [0, 0.05) is 19.0 Å². The molecule has 0 saturated heterocycles. The van der Waals surface area contributed by atoms with E-state index >= 15 is 0 Å². The molecular formula is C14H24BrN3O. The Hall–Kier alpha value is -0.390. The summed E-state index contributed by atoms with van der Waals surface area (Å²) in [6, 6.07) is 0.256. The fourth-order valence-corrected chi connectivity index (χ4v) is 3.56. The molecule has 4 nitrogen and oxygen atoms in total. The van der Waals surface area contributed by atoms with Crippen molar-refractivity contribution in [1.82, 2.24) is 9.78 Å². The fourth-order valence-electron chi connectivity index (χ4n) is 2.85. The highest BCUT2D eigenvalue weighted by atomic mass is 79.9. The summed E-state index contributed by atoms with van der Waals surface area (Å²) in [6.07, 6.45) is 4.98. The Kier molecular flexibility index (Phi) is 4.69. The van der Waals surface area contributed by atoms with Crippen LogP contribution in [0.5, 0.6) is 0 Å². The second-order valence-electron chi connectivity index (χ2n) is 5.62. The van der Waals surface area contributed by atoms with Gasteiger partial charge in [-0.1, -0.05) is 6.92 Å². The van der Waals surface area contributed by atoms with E-state index in [1.807, 2.05) is 4.68 Å². The van der Waals surface area contributed by atoms with Gasteiger partial charge in [0.2, 0.25) is 0 Å². The topological polar surface area (TPSA) is 64.1 Å². The maximum Gasteiger partial charge on any atom is 0.0766 e. The van der Waals surface area contributed by atoms with Gasteiger partial charge >= 0.3 is 0 Å².